The molecule has 0 N–H and O–H groups in total. The zero-order valence-electron chi connectivity index (χ0n) is 15.9. The van der Waals surface area contributed by atoms with Crippen LogP contribution in [0.2, 0.25) is 0 Å². The summed E-state index contributed by atoms with van der Waals surface area (Å²) in [5.74, 6) is 0.980. The average Bonchev–Trinajstić information content (AvgIpc) is 2.64. The van der Waals surface area contributed by atoms with E-state index >= 15 is 0 Å². The van der Waals surface area contributed by atoms with E-state index < -0.39 is 0 Å². The van der Waals surface area contributed by atoms with Gasteiger partial charge in [-0.2, -0.15) is 0 Å². The zero-order chi connectivity index (χ0) is 17.7. The van der Waals surface area contributed by atoms with Crippen LogP contribution in [0.25, 0.3) is 0 Å². The summed E-state index contributed by atoms with van der Waals surface area (Å²) < 4.78 is 5.87. The van der Waals surface area contributed by atoms with Gasteiger partial charge in [0.05, 0.1) is 6.61 Å². The van der Waals surface area contributed by atoms with E-state index in [1.54, 1.807) is 0 Å². The van der Waals surface area contributed by atoms with Crippen LogP contribution in [0.4, 0.5) is 0 Å². The number of hydrogen-bond acceptors (Lipinski definition) is 2. The summed E-state index contributed by atoms with van der Waals surface area (Å²) >= 11 is 0. The van der Waals surface area contributed by atoms with Crippen LogP contribution >= 0.6 is 0 Å². The van der Waals surface area contributed by atoms with E-state index in [0.717, 1.165) is 25.2 Å². The lowest BCUT2D eigenvalue weighted by Gasteiger charge is -2.16. The van der Waals surface area contributed by atoms with Gasteiger partial charge in [-0.15, -0.1) is 0 Å². The Hall–Kier alpha value is -1.80. The lowest BCUT2D eigenvalue weighted by atomic mass is 10.1. The van der Waals surface area contributed by atoms with E-state index in [9.17, 15) is 0 Å². The fraction of sp³-hybridized carbons (Fsp3) is 0.478. The van der Waals surface area contributed by atoms with Gasteiger partial charge in [0.2, 0.25) is 0 Å². The van der Waals surface area contributed by atoms with Crippen LogP contribution in [0.5, 0.6) is 5.75 Å². The predicted molar refractivity (Wildman–Crippen MR) is 107 cm³/mol. The minimum absolute atomic E-state index is 0.806. The third kappa shape index (κ3) is 8.22. The number of hydrogen-bond donors (Lipinski definition) is 0. The summed E-state index contributed by atoms with van der Waals surface area (Å²) in [5, 5.41) is 0. The van der Waals surface area contributed by atoms with Crippen molar-refractivity contribution in [2.24, 2.45) is 0 Å². The molecule has 0 aliphatic carbocycles. The Morgan fingerprint density at radius 3 is 2.08 bits per heavy atom. The van der Waals surface area contributed by atoms with Gasteiger partial charge in [-0.05, 0) is 69.1 Å². The molecule has 0 saturated carbocycles. The maximum atomic E-state index is 5.87. The van der Waals surface area contributed by atoms with Crippen LogP contribution < -0.4 is 4.74 Å². The molecule has 0 spiro atoms. The Balaban J connectivity index is 1.60. The highest BCUT2D eigenvalue weighted by molar-refractivity contribution is 5.31. The standard InChI is InChI=1S/C23H33NO/c1-3-4-8-17-24(2)18-9-10-19-25-23-15-13-22(14-16-23)20-21-11-6-5-7-12-21/h5-7,11-16H,3-4,8-10,17-20H2,1-2H3. The topological polar surface area (TPSA) is 12.5 Å². The number of unbranched alkanes of at least 4 members (excludes halogenated alkanes) is 3. The van der Waals surface area contributed by atoms with Gasteiger partial charge in [-0.3, -0.25) is 0 Å². The smallest absolute Gasteiger partial charge is 0.119 e. The zero-order valence-corrected chi connectivity index (χ0v) is 15.9. The Morgan fingerprint density at radius 2 is 1.40 bits per heavy atom. The van der Waals surface area contributed by atoms with E-state index in [-0.39, 0.29) is 0 Å². The van der Waals surface area contributed by atoms with E-state index in [0.29, 0.717) is 0 Å². The third-order valence-corrected chi connectivity index (χ3v) is 4.52. The van der Waals surface area contributed by atoms with Crippen molar-refractivity contribution in [1.82, 2.24) is 4.90 Å². The highest BCUT2D eigenvalue weighted by Crippen LogP contribution is 2.15. The van der Waals surface area contributed by atoms with Gasteiger partial charge in [-0.1, -0.05) is 62.2 Å². The molecule has 0 heterocycles. The van der Waals surface area contributed by atoms with Crippen molar-refractivity contribution in [2.75, 3.05) is 26.7 Å². The number of benzene rings is 2. The number of nitrogens with zero attached hydrogens (tertiary/aromatic N) is 1. The molecule has 136 valence electrons. The van der Waals surface area contributed by atoms with Crippen LogP contribution in [0.1, 0.15) is 50.2 Å². The molecule has 25 heavy (non-hydrogen) atoms. The summed E-state index contributed by atoms with van der Waals surface area (Å²) in [4.78, 5) is 2.44. The van der Waals surface area contributed by atoms with Crippen LogP contribution in [0.15, 0.2) is 54.6 Å². The average molecular weight is 340 g/mol. The minimum Gasteiger partial charge on any atom is -0.494 e. The quantitative estimate of drug-likeness (QED) is 0.469. The molecule has 0 amide bonds. The number of ether oxygens (including phenoxy) is 1. The monoisotopic (exact) mass is 339 g/mol. The molecule has 0 aliphatic heterocycles. The second-order valence-corrected chi connectivity index (χ2v) is 6.87. The van der Waals surface area contributed by atoms with Crippen LogP contribution in [-0.2, 0) is 6.42 Å². The van der Waals surface area contributed by atoms with Crippen molar-refractivity contribution in [3.8, 4) is 5.75 Å². The Morgan fingerprint density at radius 1 is 0.760 bits per heavy atom. The summed E-state index contributed by atoms with van der Waals surface area (Å²) in [6.07, 6.45) is 7.25. The van der Waals surface area contributed by atoms with Crippen molar-refractivity contribution in [2.45, 2.75) is 45.4 Å². The first kappa shape index (κ1) is 19.5. The van der Waals surface area contributed by atoms with E-state index in [1.807, 2.05) is 0 Å². The molecule has 0 bridgehead atoms. The first-order valence-corrected chi connectivity index (χ1v) is 9.72. The molecule has 0 radical (unpaired) electrons. The van der Waals surface area contributed by atoms with Gasteiger partial charge >= 0.3 is 0 Å². The van der Waals surface area contributed by atoms with Crippen molar-refractivity contribution in [3.63, 3.8) is 0 Å². The second kappa shape index (κ2) is 11.7. The van der Waals surface area contributed by atoms with Gasteiger partial charge < -0.3 is 9.64 Å². The summed E-state index contributed by atoms with van der Waals surface area (Å²) in [7, 11) is 2.22. The molecule has 0 aliphatic rings. The maximum Gasteiger partial charge on any atom is 0.119 e. The SMILES string of the molecule is CCCCCN(C)CCCCOc1ccc(Cc2ccccc2)cc1. The molecule has 2 rings (SSSR count). The first-order chi connectivity index (χ1) is 12.3. The molecule has 0 unspecified atom stereocenters. The fourth-order valence-electron chi connectivity index (χ4n) is 2.95. The van der Waals surface area contributed by atoms with E-state index in [1.165, 1.54) is 49.9 Å². The normalized spacial score (nSPS) is 11.0. The summed E-state index contributed by atoms with van der Waals surface area (Å²) in [6.45, 7) is 5.45. The molecule has 2 nitrogen and oxygen atoms in total. The Labute approximate surface area is 153 Å². The van der Waals surface area contributed by atoms with Crippen molar-refractivity contribution in [1.29, 1.82) is 0 Å². The fourth-order valence-corrected chi connectivity index (χ4v) is 2.95. The summed E-state index contributed by atoms with van der Waals surface area (Å²) in [5.41, 5.74) is 2.67. The molecule has 2 aromatic carbocycles. The molecular weight excluding hydrogens is 306 g/mol. The molecule has 0 fully saturated rings. The van der Waals surface area contributed by atoms with Crippen molar-refractivity contribution in [3.05, 3.63) is 65.7 Å². The van der Waals surface area contributed by atoms with Gasteiger partial charge in [-0.25, -0.2) is 0 Å². The highest BCUT2D eigenvalue weighted by atomic mass is 16.5. The molecule has 2 aromatic rings. The van der Waals surface area contributed by atoms with Gasteiger partial charge in [0.25, 0.3) is 0 Å². The van der Waals surface area contributed by atoms with Crippen molar-refractivity contribution < 1.29 is 4.74 Å². The van der Waals surface area contributed by atoms with Gasteiger partial charge in [0.1, 0.15) is 5.75 Å². The molecule has 0 atom stereocenters. The van der Waals surface area contributed by atoms with Gasteiger partial charge in [0, 0.05) is 0 Å². The van der Waals surface area contributed by atoms with Crippen LogP contribution in [0.3, 0.4) is 0 Å². The molecule has 0 aromatic heterocycles. The molecule has 2 heteroatoms. The van der Waals surface area contributed by atoms with Gasteiger partial charge in [0.15, 0.2) is 0 Å². The predicted octanol–water partition coefficient (Wildman–Crippen LogP) is 5.56. The minimum atomic E-state index is 0.806. The summed E-state index contributed by atoms with van der Waals surface area (Å²) in [6, 6.07) is 19.1. The van der Waals surface area contributed by atoms with Crippen LogP contribution in [0, 0.1) is 0 Å². The van der Waals surface area contributed by atoms with Crippen LogP contribution in [-0.4, -0.2) is 31.6 Å². The lowest BCUT2D eigenvalue weighted by molar-refractivity contribution is 0.276. The Kier molecular flexibility index (Phi) is 9.14. The van der Waals surface area contributed by atoms with Crippen molar-refractivity contribution >= 4 is 0 Å². The maximum absolute atomic E-state index is 5.87. The lowest BCUT2D eigenvalue weighted by Crippen LogP contribution is -2.21. The van der Waals surface area contributed by atoms with E-state index in [4.69, 9.17) is 4.74 Å². The molecular formula is C23H33NO. The Bertz CT molecular complexity index is 564. The van der Waals surface area contributed by atoms with E-state index in [2.05, 4.69) is 73.5 Å². The third-order valence-electron chi connectivity index (χ3n) is 4.52. The molecule has 0 saturated heterocycles. The second-order valence-electron chi connectivity index (χ2n) is 6.87. The first-order valence-electron chi connectivity index (χ1n) is 9.72. The number of rotatable bonds is 12. The highest BCUT2D eigenvalue weighted by Gasteiger charge is 2.00. The largest absolute Gasteiger partial charge is 0.494 e.